The van der Waals surface area contributed by atoms with Crippen LogP contribution in [0.2, 0.25) is 0 Å². The highest BCUT2D eigenvalue weighted by atomic mass is 16.6. The van der Waals surface area contributed by atoms with Crippen LogP contribution >= 0.6 is 0 Å². The van der Waals surface area contributed by atoms with Crippen molar-refractivity contribution in [3.63, 3.8) is 0 Å². The van der Waals surface area contributed by atoms with E-state index in [1.165, 1.54) is 12.1 Å². The van der Waals surface area contributed by atoms with Crippen molar-refractivity contribution < 1.29 is 76.3 Å². The highest BCUT2D eigenvalue weighted by molar-refractivity contribution is 5.96. The fraction of sp³-hybridized carbons (Fsp3) is 0.286. The van der Waals surface area contributed by atoms with Crippen LogP contribution < -0.4 is 59.2 Å². The van der Waals surface area contributed by atoms with Gasteiger partial charge in [0, 0.05) is 115 Å². The fourth-order valence-electron chi connectivity index (χ4n) is 16.5. The van der Waals surface area contributed by atoms with Crippen molar-refractivity contribution in [2.75, 3.05) is 21.3 Å². The summed E-state index contributed by atoms with van der Waals surface area (Å²) in [5.41, 5.74) is 12.0. The molecule has 1 aliphatic rings. The molecule has 20 nitrogen and oxygen atoms in total. The smallest absolute Gasteiger partial charge is 0.417 e. The molecule has 132 heavy (non-hydrogen) atoms. The van der Waals surface area contributed by atoms with Crippen molar-refractivity contribution in [2.24, 2.45) is 0 Å². The van der Waals surface area contributed by atoms with E-state index < -0.39 is 71.9 Å². The minimum atomic E-state index is -1.05. The quantitative estimate of drug-likeness (QED) is 0.0174. The zero-order chi connectivity index (χ0) is 93.5. The van der Waals surface area contributed by atoms with Gasteiger partial charge in [-0.2, -0.15) is 0 Å². The van der Waals surface area contributed by atoms with Crippen LogP contribution in [0.5, 0.6) is 46.0 Å². The van der Waals surface area contributed by atoms with Crippen molar-refractivity contribution in [2.45, 2.75) is 209 Å². The molecule has 0 fully saturated rings. The van der Waals surface area contributed by atoms with Crippen LogP contribution in [0, 0.1) is 55.4 Å². The van der Waals surface area contributed by atoms with Crippen molar-refractivity contribution in [3.8, 4) is 46.0 Å². The van der Waals surface area contributed by atoms with Gasteiger partial charge in [-0.3, -0.25) is 21.3 Å². The third-order valence-electron chi connectivity index (χ3n) is 23.9. The molecule has 12 aromatic rings. The summed E-state index contributed by atoms with van der Waals surface area (Å²) in [6, 6.07) is 70.0. The van der Waals surface area contributed by atoms with Gasteiger partial charge < -0.3 is 37.9 Å². The Bertz CT molecular complexity index is 5360. The molecule has 0 spiro atoms. The number of unbranched alkanes of at least 4 members (excludes halogenated alkanes) is 8. The van der Waals surface area contributed by atoms with Gasteiger partial charge in [-0.15, -0.1) is 0 Å². The van der Waals surface area contributed by atoms with Gasteiger partial charge in [-0.05, 0) is 202 Å². The Hall–Kier alpha value is -14.4. The van der Waals surface area contributed by atoms with Gasteiger partial charge >= 0.3 is 48.3 Å². The molecule has 12 aromatic carbocycles. The Balaban J connectivity index is 1.25. The molecule has 4 atom stereocenters. The highest BCUT2D eigenvalue weighted by Crippen LogP contribution is 2.55. The third kappa shape index (κ3) is 25.2. The minimum absolute atomic E-state index is 0.0699. The third-order valence-corrected chi connectivity index (χ3v) is 23.9. The zero-order valence-electron chi connectivity index (χ0n) is 77.2. The minimum Gasteiger partial charge on any atom is -0.422 e. The lowest BCUT2D eigenvalue weighted by Crippen LogP contribution is -2.22. The maximum Gasteiger partial charge on any atom is 0.417 e. The maximum absolute atomic E-state index is 15.7. The fourth-order valence-corrected chi connectivity index (χ4v) is 16.5. The van der Waals surface area contributed by atoms with E-state index in [0.717, 1.165) is 44.5 Å². The van der Waals surface area contributed by atoms with Gasteiger partial charge in [-0.25, -0.2) is 38.4 Å². The molecule has 0 saturated heterocycles. The average molecular weight is 1770 g/mol. The number of amides is 4. The van der Waals surface area contributed by atoms with E-state index in [-0.39, 0.29) is 93.9 Å². The predicted molar refractivity (Wildman–Crippen MR) is 518 cm³/mol. The number of carbonyl (C=O) groups excluding carboxylic acids is 8. The Morgan fingerprint density at radius 2 is 0.356 bits per heavy atom. The van der Waals surface area contributed by atoms with E-state index in [2.05, 4.69) is 49.0 Å². The molecule has 0 saturated carbocycles. The van der Waals surface area contributed by atoms with Gasteiger partial charge in [-0.1, -0.05) is 246 Å². The number of esters is 4. The van der Waals surface area contributed by atoms with Crippen LogP contribution in [0.1, 0.15) is 285 Å². The predicted octanol–water partition coefficient (Wildman–Crippen LogP) is 28.6. The second-order valence-corrected chi connectivity index (χ2v) is 34.4. The first kappa shape index (κ1) is 95.2. The summed E-state index contributed by atoms with van der Waals surface area (Å²) in [5, 5.41) is 11.8. The van der Waals surface area contributed by atoms with Crippen molar-refractivity contribution >= 4 is 71.0 Å². The second-order valence-electron chi connectivity index (χ2n) is 34.4. The van der Waals surface area contributed by atoms with Crippen LogP contribution in [0.25, 0.3) is 0 Å². The molecule has 4 unspecified atom stereocenters. The van der Waals surface area contributed by atoms with Crippen molar-refractivity contribution in [3.05, 3.63) is 354 Å². The molecule has 0 aliphatic heterocycles. The largest absolute Gasteiger partial charge is 0.422 e. The summed E-state index contributed by atoms with van der Waals surface area (Å²) in [7, 11) is 0. The highest BCUT2D eigenvalue weighted by Gasteiger charge is 2.39. The lowest BCUT2D eigenvalue weighted by molar-refractivity contribution is 0.0710. The Kier molecular flexibility index (Phi) is 32.6. The first-order chi connectivity index (χ1) is 63.8. The first-order valence-electron chi connectivity index (χ1n) is 45.9. The van der Waals surface area contributed by atoms with E-state index in [1.807, 2.05) is 128 Å². The van der Waals surface area contributed by atoms with Gasteiger partial charge in [0.2, 0.25) is 0 Å². The molecule has 4 N–H and O–H groups in total. The monoisotopic (exact) mass is 1770 g/mol. The number of hydrogen-bond acceptors (Lipinski definition) is 16. The number of carbonyl (C=O) groups is 8. The molecule has 1 aliphatic carbocycles. The molecule has 8 bridgehead atoms. The van der Waals surface area contributed by atoms with E-state index in [1.54, 1.807) is 158 Å². The van der Waals surface area contributed by atoms with Crippen LogP contribution in [0.4, 0.5) is 41.9 Å². The normalized spacial score (nSPS) is 13.7. The van der Waals surface area contributed by atoms with Crippen molar-refractivity contribution in [1.82, 2.24) is 0 Å². The van der Waals surface area contributed by atoms with E-state index in [4.69, 9.17) is 37.9 Å². The Labute approximate surface area is 773 Å². The van der Waals surface area contributed by atoms with Crippen LogP contribution in [0.15, 0.2) is 243 Å². The molecular formula is C112H116N4O16. The molecule has 13 rings (SSSR count). The zero-order valence-corrected chi connectivity index (χ0v) is 77.2. The van der Waals surface area contributed by atoms with Gasteiger partial charge in [0.1, 0.15) is 46.0 Å². The van der Waals surface area contributed by atoms with Gasteiger partial charge in [0.15, 0.2) is 0 Å². The van der Waals surface area contributed by atoms with E-state index in [0.29, 0.717) is 144 Å². The van der Waals surface area contributed by atoms with Gasteiger partial charge in [0.25, 0.3) is 0 Å². The topological polar surface area (TPSA) is 259 Å². The number of aryl methyl sites for hydroxylation is 8. The van der Waals surface area contributed by atoms with Crippen LogP contribution in [0.3, 0.4) is 0 Å². The first-order valence-corrected chi connectivity index (χ1v) is 45.9. The summed E-state index contributed by atoms with van der Waals surface area (Å²) in [6.07, 6.45) is 4.50. The number of ether oxygens (including phenoxy) is 8. The molecule has 680 valence electrons. The second kappa shape index (κ2) is 45.2. The van der Waals surface area contributed by atoms with Crippen LogP contribution in [-0.2, 0) is 0 Å². The number of nitrogens with one attached hydrogen (secondary N) is 4. The molecule has 0 radical (unpaired) electrons. The molecule has 4 amide bonds. The van der Waals surface area contributed by atoms with E-state index >= 15 is 38.4 Å². The Morgan fingerprint density at radius 3 is 0.515 bits per heavy atom. The molecular weight excluding hydrogens is 1660 g/mol. The maximum atomic E-state index is 15.7. The van der Waals surface area contributed by atoms with Crippen molar-refractivity contribution in [1.29, 1.82) is 0 Å². The lowest BCUT2D eigenvalue weighted by Gasteiger charge is -2.32. The summed E-state index contributed by atoms with van der Waals surface area (Å²) in [4.78, 5) is 125. The lowest BCUT2D eigenvalue weighted by atomic mass is 9.76. The average Bonchev–Trinajstić information content (AvgIpc) is 0.740. The summed E-state index contributed by atoms with van der Waals surface area (Å²) < 4.78 is 55.4. The standard InChI is InChI=1S/C112H116N4O16/c1-13-17-21-25-85-89-61-90(98(126-106(118)78-47-31-70(6)32-48-78)65-97(89)125-105(117)77-45-29-69(5)30-46-77)86(26-22-18-14-2)95-64-96(104(132-112(124)116-84-59-43-76(12)44-60-84)68-103(95)131-111(123)115-83-57-41-75(11)42-58-83)88(28-24-20-16-4)92-62-91(99(127-107(119)79-49-33-71(7)34-50-79)66-100(92)128-108(120)80-51-35-72(8)36-52-80)87(27-23-19-15-3)94-63-93(85)101(129-109(121)113-81-53-37-73(9)38-54-81)67-102(94)130-110(122)114-82-55-39-74(10)40-56-82/h29-68,85-88H,13-28H2,1-12H3,(H,113,121)(H,114,122)(H,115,123)(H,116,124). The number of fused-ring (bicyclic) bond motifs is 8. The number of benzene rings is 12. The number of anilines is 4. The van der Waals surface area contributed by atoms with Gasteiger partial charge in [0.05, 0.1) is 22.3 Å². The molecule has 20 heteroatoms. The molecule has 0 aromatic heterocycles. The Morgan fingerprint density at radius 1 is 0.205 bits per heavy atom. The molecule has 0 heterocycles. The number of hydrogen-bond donors (Lipinski definition) is 4. The summed E-state index contributed by atoms with van der Waals surface area (Å²) in [5.74, 6) is -8.03. The summed E-state index contributed by atoms with van der Waals surface area (Å²) >= 11 is 0. The number of rotatable bonds is 32. The summed E-state index contributed by atoms with van der Waals surface area (Å²) in [6.45, 7) is 23.6. The van der Waals surface area contributed by atoms with Crippen LogP contribution in [-0.4, -0.2) is 48.3 Å². The van der Waals surface area contributed by atoms with E-state index in [9.17, 15) is 0 Å². The SMILES string of the molecule is CCCCCC1c2cc(c(OC(=O)Nc3ccc(C)cc3)cc2OC(=O)Nc2ccc(C)cc2)C(CCCCC)c2cc(c(OC(=O)c3ccc(C)cc3)cc2OC(=O)c2ccc(C)cc2)C(CCCCC)c2cc(c(OC(=O)Nc3ccc(C)cc3)cc2OC(=O)Nc2ccc(C)cc2)C(CCCCC)c2cc1c(OC(=O)c1ccc(C)cc1)cc2OC(=O)c1ccc(C)cc1.